The van der Waals surface area contributed by atoms with Crippen molar-refractivity contribution in [1.29, 1.82) is 0 Å². The van der Waals surface area contributed by atoms with E-state index in [1.165, 1.54) is 55.2 Å². The van der Waals surface area contributed by atoms with E-state index in [2.05, 4.69) is 50.5 Å². The molecule has 104 valence electrons. The SMILES string of the molecule is CNC(/C1=C/CCCCCC1)c1cc(C)cc(C)c1. The zero-order valence-electron chi connectivity index (χ0n) is 12.6. The minimum atomic E-state index is 0.400. The van der Waals surface area contributed by atoms with Gasteiger partial charge in [-0.05, 0) is 52.1 Å². The molecule has 0 heterocycles. The van der Waals surface area contributed by atoms with Crippen LogP contribution in [0.1, 0.15) is 61.3 Å². The van der Waals surface area contributed by atoms with E-state index in [0.717, 1.165) is 0 Å². The molecule has 1 unspecified atom stereocenters. The van der Waals surface area contributed by atoms with E-state index in [4.69, 9.17) is 0 Å². The number of aryl methyl sites for hydroxylation is 2. The largest absolute Gasteiger partial charge is 0.310 e. The molecule has 0 saturated carbocycles. The lowest BCUT2D eigenvalue weighted by atomic mass is 9.90. The number of likely N-dealkylation sites (N-methyl/N-ethyl adjacent to an activating group) is 1. The maximum absolute atomic E-state index is 3.52. The molecular weight excluding hydrogens is 230 g/mol. The fourth-order valence-electron chi connectivity index (χ4n) is 3.22. The Kier molecular flexibility index (Phi) is 5.21. The average Bonchev–Trinajstić information content (AvgIpc) is 2.31. The standard InChI is InChI=1S/C18H27N/c1-14-11-15(2)13-17(12-14)18(19-3)16-9-7-5-4-6-8-10-16/h9,11-13,18-19H,4-8,10H2,1-3H3/b16-9+. The van der Waals surface area contributed by atoms with Crippen LogP contribution in [0.5, 0.6) is 0 Å². The minimum Gasteiger partial charge on any atom is -0.310 e. The van der Waals surface area contributed by atoms with Gasteiger partial charge in [-0.2, -0.15) is 0 Å². The van der Waals surface area contributed by atoms with Crippen LogP contribution in [0.15, 0.2) is 29.8 Å². The van der Waals surface area contributed by atoms with Gasteiger partial charge in [-0.1, -0.05) is 53.8 Å². The third-order valence-corrected chi connectivity index (χ3v) is 4.06. The third kappa shape index (κ3) is 3.94. The molecule has 0 spiro atoms. The highest BCUT2D eigenvalue weighted by molar-refractivity contribution is 5.35. The Morgan fingerprint density at radius 1 is 0.947 bits per heavy atom. The molecule has 1 aromatic rings. The van der Waals surface area contributed by atoms with Gasteiger partial charge in [0, 0.05) is 0 Å². The predicted molar refractivity (Wildman–Crippen MR) is 83.5 cm³/mol. The van der Waals surface area contributed by atoms with Crippen molar-refractivity contribution in [3.63, 3.8) is 0 Å². The molecule has 0 radical (unpaired) electrons. The van der Waals surface area contributed by atoms with Crippen LogP contribution >= 0.6 is 0 Å². The number of hydrogen-bond donors (Lipinski definition) is 1. The fourth-order valence-corrected chi connectivity index (χ4v) is 3.22. The molecule has 0 amide bonds. The van der Waals surface area contributed by atoms with Crippen molar-refractivity contribution in [1.82, 2.24) is 5.32 Å². The van der Waals surface area contributed by atoms with Crippen LogP contribution in [0, 0.1) is 13.8 Å². The van der Waals surface area contributed by atoms with E-state index in [1.807, 2.05) is 0 Å². The first-order valence-electron chi connectivity index (χ1n) is 7.65. The third-order valence-electron chi connectivity index (χ3n) is 4.06. The molecule has 1 heteroatoms. The Bertz CT molecular complexity index is 425. The van der Waals surface area contributed by atoms with Gasteiger partial charge in [0.05, 0.1) is 6.04 Å². The molecule has 0 bridgehead atoms. The van der Waals surface area contributed by atoms with Crippen LogP contribution in [0.4, 0.5) is 0 Å². The molecule has 19 heavy (non-hydrogen) atoms. The molecule has 0 aliphatic heterocycles. The van der Waals surface area contributed by atoms with Gasteiger partial charge in [0.2, 0.25) is 0 Å². The Hall–Kier alpha value is -1.08. The first-order valence-corrected chi connectivity index (χ1v) is 7.65. The van der Waals surface area contributed by atoms with E-state index in [-0.39, 0.29) is 0 Å². The van der Waals surface area contributed by atoms with Gasteiger partial charge in [0.15, 0.2) is 0 Å². The Morgan fingerprint density at radius 3 is 2.32 bits per heavy atom. The molecule has 1 nitrogen and oxygen atoms in total. The van der Waals surface area contributed by atoms with Crippen molar-refractivity contribution in [2.45, 2.75) is 58.4 Å². The van der Waals surface area contributed by atoms with Crippen LogP contribution in [0.2, 0.25) is 0 Å². The summed E-state index contributed by atoms with van der Waals surface area (Å²) in [6.07, 6.45) is 10.5. The normalized spacial score (nSPS) is 21.1. The Morgan fingerprint density at radius 2 is 1.63 bits per heavy atom. The molecule has 1 N–H and O–H groups in total. The summed E-state index contributed by atoms with van der Waals surface area (Å²) in [4.78, 5) is 0. The zero-order chi connectivity index (χ0) is 13.7. The number of benzene rings is 1. The van der Waals surface area contributed by atoms with Gasteiger partial charge >= 0.3 is 0 Å². The molecule has 1 aliphatic carbocycles. The van der Waals surface area contributed by atoms with Crippen molar-refractivity contribution in [3.8, 4) is 0 Å². The number of nitrogens with one attached hydrogen (secondary N) is 1. The predicted octanol–water partition coefficient (Wildman–Crippen LogP) is 4.84. The van der Waals surface area contributed by atoms with Gasteiger partial charge in [-0.3, -0.25) is 0 Å². The van der Waals surface area contributed by atoms with Crippen molar-refractivity contribution in [2.75, 3.05) is 7.05 Å². The molecule has 0 aromatic heterocycles. The summed E-state index contributed by atoms with van der Waals surface area (Å²) in [7, 11) is 2.09. The minimum absolute atomic E-state index is 0.400. The Balaban J connectivity index is 2.26. The monoisotopic (exact) mass is 257 g/mol. The highest BCUT2D eigenvalue weighted by atomic mass is 14.9. The van der Waals surface area contributed by atoms with Gasteiger partial charge in [-0.15, -0.1) is 0 Å². The van der Waals surface area contributed by atoms with Gasteiger partial charge in [-0.25, -0.2) is 0 Å². The fraction of sp³-hybridized carbons (Fsp3) is 0.556. The van der Waals surface area contributed by atoms with Crippen LogP contribution < -0.4 is 5.32 Å². The van der Waals surface area contributed by atoms with E-state index in [9.17, 15) is 0 Å². The summed E-state index contributed by atoms with van der Waals surface area (Å²) < 4.78 is 0. The van der Waals surface area contributed by atoms with Gasteiger partial charge in [0.1, 0.15) is 0 Å². The van der Waals surface area contributed by atoms with Crippen LogP contribution in [0.25, 0.3) is 0 Å². The van der Waals surface area contributed by atoms with E-state index in [0.29, 0.717) is 6.04 Å². The molecule has 1 aliphatic rings. The highest BCUT2D eigenvalue weighted by Crippen LogP contribution is 2.29. The maximum Gasteiger partial charge on any atom is 0.0533 e. The zero-order valence-corrected chi connectivity index (χ0v) is 12.6. The molecule has 1 atom stereocenters. The number of hydrogen-bond acceptors (Lipinski definition) is 1. The van der Waals surface area contributed by atoms with Gasteiger partial charge < -0.3 is 5.32 Å². The summed E-state index contributed by atoms with van der Waals surface area (Å²) in [6.45, 7) is 4.38. The first kappa shape index (κ1) is 14.3. The van der Waals surface area contributed by atoms with Crippen molar-refractivity contribution < 1.29 is 0 Å². The van der Waals surface area contributed by atoms with Crippen molar-refractivity contribution in [2.24, 2.45) is 0 Å². The summed E-state index contributed by atoms with van der Waals surface area (Å²) >= 11 is 0. The van der Waals surface area contributed by atoms with Crippen LogP contribution in [-0.2, 0) is 0 Å². The first-order chi connectivity index (χ1) is 9.20. The van der Waals surface area contributed by atoms with Crippen molar-refractivity contribution >= 4 is 0 Å². The maximum atomic E-state index is 3.52. The summed E-state index contributed by atoms with van der Waals surface area (Å²) in [5, 5.41) is 3.52. The van der Waals surface area contributed by atoms with Gasteiger partial charge in [0.25, 0.3) is 0 Å². The smallest absolute Gasteiger partial charge is 0.0533 e. The molecule has 0 saturated heterocycles. The van der Waals surface area contributed by atoms with Crippen LogP contribution in [-0.4, -0.2) is 7.05 Å². The van der Waals surface area contributed by atoms with Crippen molar-refractivity contribution in [3.05, 3.63) is 46.5 Å². The lowest BCUT2D eigenvalue weighted by molar-refractivity contribution is 0.573. The lowest BCUT2D eigenvalue weighted by Gasteiger charge is -2.23. The molecular formula is C18H27N. The lowest BCUT2D eigenvalue weighted by Crippen LogP contribution is -2.19. The highest BCUT2D eigenvalue weighted by Gasteiger charge is 2.15. The summed E-state index contributed by atoms with van der Waals surface area (Å²) in [5.74, 6) is 0. The Labute approximate surface area is 118 Å². The molecule has 0 fully saturated rings. The second-order valence-corrected chi connectivity index (χ2v) is 5.87. The van der Waals surface area contributed by atoms with Crippen LogP contribution in [0.3, 0.4) is 0 Å². The summed E-state index contributed by atoms with van der Waals surface area (Å²) in [6, 6.07) is 7.31. The topological polar surface area (TPSA) is 12.0 Å². The average molecular weight is 257 g/mol. The van der Waals surface area contributed by atoms with E-state index >= 15 is 0 Å². The number of allylic oxidation sites excluding steroid dienone is 1. The molecule has 1 aromatic carbocycles. The number of rotatable bonds is 3. The van der Waals surface area contributed by atoms with E-state index in [1.54, 1.807) is 5.57 Å². The summed E-state index contributed by atoms with van der Waals surface area (Å²) in [5.41, 5.74) is 5.74. The molecule has 2 rings (SSSR count). The second-order valence-electron chi connectivity index (χ2n) is 5.87. The quantitative estimate of drug-likeness (QED) is 0.764. The van der Waals surface area contributed by atoms with E-state index < -0.39 is 0 Å². The second kappa shape index (κ2) is 6.91.